The van der Waals surface area contributed by atoms with Gasteiger partial charge >= 0.3 is 0 Å². The molecule has 0 unspecified atom stereocenters. The zero-order valence-electron chi connectivity index (χ0n) is 14.5. The van der Waals surface area contributed by atoms with E-state index in [1.807, 2.05) is 42.0 Å². The summed E-state index contributed by atoms with van der Waals surface area (Å²) in [5.74, 6) is 0.141. The highest BCUT2D eigenvalue weighted by molar-refractivity contribution is 5.82. The number of carbonyl (C=O) groups excluding carboxylic acids is 2. The van der Waals surface area contributed by atoms with Gasteiger partial charge in [-0.25, -0.2) is 0 Å². The molecule has 6 heteroatoms. The summed E-state index contributed by atoms with van der Waals surface area (Å²) in [7, 11) is 1.91. The van der Waals surface area contributed by atoms with Gasteiger partial charge in [-0.1, -0.05) is 12.1 Å². The number of nitriles is 1. The van der Waals surface area contributed by atoms with Gasteiger partial charge < -0.3 is 9.80 Å². The minimum Gasteiger partial charge on any atom is -0.339 e. The van der Waals surface area contributed by atoms with E-state index in [1.54, 1.807) is 17.9 Å². The molecule has 0 radical (unpaired) electrons. The molecule has 0 aromatic heterocycles. The van der Waals surface area contributed by atoms with Crippen molar-refractivity contribution < 1.29 is 9.59 Å². The topological polar surface area (TPSA) is 67.7 Å². The lowest BCUT2D eigenvalue weighted by molar-refractivity contribution is -0.141. The molecule has 1 atom stereocenters. The third kappa shape index (κ3) is 4.33. The zero-order valence-corrected chi connectivity index (χ0v) is 14.5. The van der Waals surface area contributed by atoms with Crippen LogP contribution in [-0.4, -0.2) is 65.8 Å². The smallest absolute Gasteiger partial charge is 0.239 e. The van der Waals surface area contributed by atoms with Crippen LogP contribution in [0.15, 0.2) is 24.3 Å². The molecule has 1 saturated heterocycles. The average molecular weight is 328 g/mol. The van der Waals surface area contributed by atoms with Crippen molar-refractivity contribution in [3.8, 4) is 6.07 Å². The number of carbonyl (C=O) groups is 2. The Morgan fingerprint density at radius 2 is 1.88 bits per heavy atom. The van der Waals surface area contributed by atoms with Gasteiger partial charge in [0.25, 0.3) is 0 Å². The Labute approximate surface area is 143 Å². The van der Waals surface area contributed by atoms with E-state index in [9.17, 15) is 9.59 Å². The maximum absolute atomic E-state index is 12.7. The highest BCUT2D eigenvalue weighted by atomic mass is 16.2. The normalized spacial score (nSPS) is 16.0. The van der Waals surface area contributed by atoms with E-state index >= 15 is 0 Å². The Bertz CT molecular complexity index is 645. The highest BCUT2D eigenvalue weighted by Gasteiger charge is 2.27. The van der Waals surface area contributed by atoms with Crippen LogP contribution in [0.25, 0.3) is 0 Å². The van der Waals surface area contributed by atoms with Crippen LogP contribution in [0.2, 0.25) is 0 Å². The van der Waals surface area contributed by atoms with Gasteiger partial charge in [0.2, 0.25) is 11.8 Å². The Kier molecular flexibility index (Phi) is 5.93. The maximum Gasteiger partial charge on any atom is 0.239 e. The van der Waals surface area contributed by atoms with E-state index in [-0.39, 0.29) is 17.9 Å². The highest BCUT2D eigenvalue weighted by Crippen LogP contribution is 2.12. The standard InChI is InChI=1S/C18H24N4O2/c1-14(18(24)22-9-7-21(8-10-22)15(2)23)20(3)13-17-6-4-5-16(11-17)12-19/h4-6,11,14H,7-10,13H2,1-3H3/t14-/m1/s1. The molecular formula is C18H24N4O2. The number of hydrogen-bond acceptors (Lipinski definition) is 4. The van der Waals surface area contributed by atoms with Gasteiger partial charge in [0, 0.05) is 39.6 Å². The molecule has 0 spiro atoms. The fraction of sp³-hybridized carbons (Fsp3) is 0.500. The van der Waals surface area contributed by atoms with E-state index in [2.05, 4.69) is 6.07 Å². The molecule has 1 aliphatic rings. The summed E-state index contributed by atoms with van der Waals surface area (Å²) < 4.78 is 0. The Morgan fingerprint density at radius 3 is 2.46 bits per heavy atom. The maximum atomic E-state index is 12.7. The van der Waals surface area contributed by atoms with Crippen LogP contribution in [-0.2, 0) is 16.1 Å². The largest absolute Gasteiger partial charge is 0.339 e. The van der Waals surface area contributed by atoms with Gasteiger partial charge in [-0.3, -0.25) is 14.5 Å². The molecular weight excluding hydrogens is 304 g/mol. The first-order valence-corrected chi connectivity index (χ1v) is 8.16. The second-order valence-electron chi connectivity index (χ2n) is 6.23. The molecule has 1 aromatic rings. The molecule has 24 heavy (non-hydrogen) atoms. The fourth-order valence-corrected chi connectivity index (χ4v) is 2.86. The monoisotopic (exact) mass is 328 g/mol. The van der Waals surface area contributed by atoms with Crippen LogP contribution in [0.3, 0.4) is 0 Å². The predicted molar refractivity (Wildman–Crippen MR) is 90.9 cm³/mol. The van der Waals surface area contributed by atoms with Crippen molar-refractivity contribution in [3.05, 3.63) is 35.4 Å². The van der Waals surface area contributed by atoms with Crippen molar-refractivity contribution in [1.29, 1.82) is 5.26 Å². The first-order chi connectivity index (χ1) is 11.4. The van der Waals surface area contributed by atoms with Crippen molar-refractivity contribution in [2.75, 3.05) is 33.2 Å². The molecule has 2 rings (SSSR count). The van der Waals surface area contributed by atoms with Crippen LogP contribution in [0.5, 0.6) is 0 Å². The summed E-state index contributed by atoms with van der Waals surface area (Å²) in [6.45, 7) is 6.43. The van der Waals surface area contributed by atoms with Gasteiger partial charge in [-0.05, 0) is 31.7 Å². The van der Waals surface area contributed by atoms with Gasteiger partial charge in [-0.2, -0.15) is 5.26 Å². The second-order valence-corrected chi connectivity index (χ2v) is 6.23. The van der Waals surface area contributed by atoms with E-state index in [1.165, 1.54) is 0 Å². The molecule has 6 nitrogen and oxygen atoms in total. The van der Waals surface area contributed by atoms with Crippen molar-refractivity contribution in [3.63, 3.8) is 0 Å². The summed E-state index contributed by atoms with van der Waals surface area (Å²) in [5, 5.41) is 8.97. The van der Waals surface area contributed by atoms with Crippen LogP contribution in [0, 0.1) is 11.3 Å². The predicted octanol–water partition coefficient (Wildman–Crippen LogP) is 1.07. The van der Waals surface area contributed by atoms with Gasteiger partial charge in [0.05, 0.1) is 17.7 Å². The van der Waals surface area contributed by atoms with E-state index in [4.69, 9.17) is 5.26 Å². The van der Waals surface area contributed by atoms with Gasteiger partial charge in [0.1, 0.15) is 0 Å². The minimum atomic E-state index is -0.250. The van der Waals surface area contributed by atoms with Crippen LogP contribution in [0.1, 0.15) is 25.0 Å². The first kappa shape index (κ1) is 18.0. The molecule has 0 N–H and O–H groups in total. The third-order valence-corrected chi connectivity index (χ3v) is 4.54. The lowest BCUT2D eigenvalue weighted by Crippen LogP contribution is -2.54. The molecule has 0 saturated carbocycles. The zero-order chi connectivity index (χ0) is 17.7. The second kappa shape index (κ2) is 7.93. The summed E-state index contributed by atoms with van der Waals surface area (Å²) in [5.41, 5.74) is 1.64. The minimum absolute atomic E-state index is 0.0599. The molecule has 0 bridgehead atoms. The number of hydrogen-bond donors (Lipinski definition) is 0. The Balaban J connectivity index is 1.92. The summed E-state index contributed by atoms with van der Waals surface area (Å²) >= 11 is 0. The number of amides is 2. The molecule has 2 amide bonds. The molecule has 1 aliphatic heterocycles. The molecule has 1 fully saturated rings. The molecule has 128 valence electrons. The first-order valence-electron chi connectivity index (χ1n) is 8.16. The van der Waals surface area contributed by atoms with Crippen molar-refractivity contribution in [2.24, 2.45) is 0 Å². The quantitative estimate of drug-likeness (QED) is 0.829. The summed E-state index contributed by atoms with van der Waals surface area (Å²) in [4.78, 5) is 29.6. The third-order valence-electron chi connectivity index (χ3n) is 4.54. The fourth-order valence-electron chi connectivity index (χ4n) is 2.86. The number of likely N-dealkylation sites (N-methyl/N-ethyl adjacent to an activating group) is 1. The van der Waals surface area contributed by atoms with Crippen molar-refractivity contribution in [2.45, 2.75) is 26.4 Å². The Hall–Kier alpha value is -2.39. The number of piperazine rings is 1. The van der Waals surface area contributed by atoms with Crippen LogP contribution in [0.4, 0.5) is 0 Å². The van der Waals surface area contributed by atoms with E-state index in [0.717, 1.165) is 5.56 Å². The van der Waals surface area contributed by atoms with E-state index in [0.29, 0.717) is 38.3 Å². The SMILES string of the molecule is CC(=O)N1CCN(C(=O)[C@@H](C)N(C)Cc2cccc(C#N)c2)CC1. The summed E-state index contributed by atoms with van der Waals surface area (Å²) in [6, 6.07) is 9.31. The van der Waals surface area contributed by atoms with Gasteiger partial charge in [-0.15, -0.1) is 0 Å². The average Bonchev–Trinajstić information content (AvgIpc) is 2.60. The molecule has 0 aliphatic carbocycles. The number of benzene rings is 1. The van der Waals surface area contributed by atoms with Crippen molar-refractivity contribution >= 4 is 11.8 Å². The van der Waals surface area contributed by atoms with Crippen LogP contribution >= 0.6 is 0 Å². The number of rotatable bonds is 4. The van der Waals surface area contributed by atoms with Gasteiger partial charge in [0.15, 0.2) is 0 Å². The van der Waals surface area contributed by atoms with E-state index < -0.39 is 0 Å². The molecule has 1 heterocycles. The summed E-state index contributed by atoms with van der Waals surface area (Å²) in [6.07, 6.45) is 0. The Morgan fingerprint density at radius 1 is 1.25 bits per heavy atom. The van der Waals surface area contributed by atoms with Crippen LogP contribution < -0.4 is 0 Å². The van der Waals surface area contributed by atoms with Crippen molar-refractivity contribution in [1.82, 2.24) is 14.7 Å². The molecule has 1 aromatic carbocycles. The lowest BCUT2D eigenvalue weighted by Gasteiger charge is -2.37. The lowest BCUT2D eigenvalue weighted by atomic mass is 10.1. The number of nitrogens with zero attached hydrogens (tertiary/aromatic N) is 4.